The van der Waals surface area contributed by atoms with Crippen molar-refractivity contribution in [2.24, 2.45) is 5.92 Å². The quantitative estimate of drug-likeness (QED) is 0.413. The number of hydrogen-bond acceptors (Lipinski definition) is 7. The first-order valence-electron chi connectivity index (χ1n) is 10.3. The molecule has 1 N–H and O–H groups in total. The van der Waals surface area contributed by atoms with Crippen molar-refractivity contribution in [3.05, 3.63) is 29.8 Å². The summed E-state index contributed by atoms with van der Waals surface area (Å²) in [6.45, 7) is 3.12. The predicted molar refractivity (Wildman–Crippen MR) is 121 cm³/mol. The van der Waals surface area contributed by atoms with Gasteiger partial charge in [0.15, 0.2) is 0 Å². The minimum atomic E-state index is -3.75. The van der Waals surface area contributed by atoms with Gasteiger partial charge in [-0.3, -0.25) is 4.18 Å². The fraction of sp³-hybridized carbons (Fsp3) is 0.619. The number of piperidine rings is 1. The molecule has 8 nitrogen and oxygen atoms in total. The Labute approximate surface area is 189 Å². The first kappa shape index (κ1) is 25.5. The molecule has 0 aliphatic carbocycles. The van der Waals surface area contributed by atoms with Gasteiger partial charge in [-0.05, 0) is 62.7 Å². The maximum absolute atomic E-state index is 12.5. The van der Waals surface area contributed by atoms with E-state index in [1.165, 1.54) is 7.11 Å². The number of carbonyl (C=O) groups is 2. The lowest BCUT2D eigenvalue weighted by Crippen LogP contribution is -2.50. The molecule has 0 saturated carbocycles. The van der Waals surface area contributed by atoms with Crippen molar-refractivity contribution in [2.75, 3.05) is 38.8 Å². The molecule has 31 heavy (non-hydrogen) atoms. The monoisotopic (exact) mass is 472 g/mol. The number of aryl methyl sites for hydroxylation is 1. The van der Waals surface area contributed by atoms with Crippen LogP contribution >= 0.6 is 11.8 Å². The summed E-state index contributed by atoms with van der Waals surface area (Å²) in [5, 5.41) is 2.77. The molecule has 0 radical (unpaired) electrons. The topological polar surface area (TPSA) is 102 Å². The maximum Gasteiger partial charge on any atom is 0.328 e. The Hall–Kier alpha value is -1.78. The van der Waals surface area contributed by atoms with Crippen LogP contribution in [0.1, 0.15) is 31.2 Å². The summed E-state index contributed by atoms with van der Waals surface area (Å²) < 4.78 is 34.5. The molecular formula is C21H32N2O6S2. The zero-order valence-electron chi connectivity index (χ0n) is 18.3. The molecule has 0 aromatic heterocycles. The van der Waals surface area contributed by atoms with Crippen molar-refractivity contribution in [3.8, 4) is 0 Å². The third-order valence-electron chi connectivity index (χ3n) is 5.37. The lowest BCUT2D eigenvalue weighted by molar-refractivity contribution is -0.142. The Morgan fingerprint density at radius 2 is 1.87 bits per heavy atom. The second-order valence-electron chi connectivity index (χ2n) is 7.61. The molecule has 1 heterocycles. The highest BCUT2D eigenvalue weighted by molar-refractivity contribution is 7.98. The van der Waals surface area contributed by atoms with E-state index in [0.717, 1.165) is 24.2 Å². The van der Waals surface area contributed by atoms with Crippen LogP contribution in [-0.2, 0) is 23.8 Å². The number of methoxy groups -OCH3 is 1. The highest BCUT2D eigenvalue weighted by Gasteiger charge is 2.27. The Bertz CT molecular complexity index is 821. The molecule has 1 saturated heterocycles. The van der Waals surface area contributed by atoms with Gasteiger partial charge in [-0.25, -0.2) is 9.59 Å². The number of nitrogens with zero attached hydrogens (tertiary/aromatic N) is 1. The van der Waals surface area contributed by atoms with Crippen molar-refractivity contribution < 1.29 is 26.9 Å². The zero-order valence-corrected chi connectivity index (χ0v) is 20.0. The molecule has 2 rings (SSSR count). The van der Waals surface area contributed by atoms with E-state index in [0.29, 0.717) is 25.9 Å². The van der Waals surface area contributed by atoms with Gasteiger partial charge in [0, 0.05) is 13.1 Å². The summed E-state index contributed by atoms with van der Waals surface area (Å²) in [5.41, 5.74) is 0.983. The van der Waals surface area contributed by atoms with E-state index in [1.54, 1.807) is 40.9 Å². The van der Waals surface area contributed by atoms with Gasteiger partial charge in [-0.15, -0.1) is 0 Å². The molecule has 1 aromatic rings. The van der Waals surface area contributed by atoms with Crippen LogP contribution in [0, 0.1) is 12.8 Å². The highest BCUT2D eigenvalue weighted by Crippen LogP contribution is 2.22. The van der Waals surface area contributed by atoms with E-state index in [1.807, 2.05) is 13.2 Å². The predicted octanol–water partition coefficient (Wildman–Crippen LogP) is 2.81. The van der Waals surface area contributed by atoms with Gasteiger partial charge >= 0.3 is 12.0 Å². The lowest BCUT2D eigenvalue weighted by atomic mass is 9.94. The summed E-state index contributed by atoms with van der Waals surface area (Å²) in [5.74, 6) is 0.586. The number of likely N-dealkylation sites (tertiary alicyclic amines) is 1. The molecular weight excluding hydrogens is 440 g/mol. The molecule has 10 heteroatoms. The number of benzene rings is 1. The van der Waals surface area contributed by atoms with Crippen LogP contribution in [0.2, 0.25) is 0 Å². The molecule has 2 amide bonds. The Morgan fingerprint density at radius 1 is 1.23 bits per heavy atom. The summed E-state index contributed by atoms with van der Waals surface area (Å²) in [6, 6.07) is 5.65. The van der Waals surface area contributed by atoms with Crippen LogP contribution in [-0.4, -0.2) is 70.2 Å². The van der Waals surface area contributed by atoms with E-state index >= 15 is 0 Å². The van der Waals surface area contributed by atoms with Gasteiger partial charge < -0.3 is 15.0 Å². The van der Waals surface area contributed by atoms with Crippen LogP contribution in [0.5, 0.6) is 0 Å². The molecule has 0 spiro atoms. The van der Waals surface area contributed by atoms with E-state index in [9.17, 15) is 18.0 Å². The summed E-state index contributed by atoms with van der Waals surface area (Å²) in [7, 11) is -2.44. The molecule has 1 aromatic carbocycles. The number of ether oxygens (including phenoxy) is 1. The van der Waals surface area contributed by atoms with Gasteiger partial charge in [0.2, 0.25) is 0 Å². The highest BCUT2D eigenvalue weighted by atomic mass is 32.2. The van der Waals surface area contributed by atoms with Crippen molar-refractivity contribution in [2.45, 2.75) is 43.5 Å². The van der Waals surface area contributed by atoms with Crippen LogP contribution in [0.3, 0.4) is 0 Å². The lowest BCUT2D eigenvalue weighted by Gasteiger charge is -2.32. The number of rotatable bonds is 10. The summed E-state index contributed by atoms with van der Waals surface area (Å²) in [6.07, 6.45) is 4.59. The van der Waals surface area contributed by atoms with E-state index < -0.39 is 22.1 Å². The SMILES string of the molecule is COC(=O)[C@H](CCSC)NC(=O)N1CCC(CCOS(=O)(=O)c2ccc(C)cc2)CC1. The van der Waals surface area contributed by atoms with Crippen LogP contribution in [0.25, 0.3) is 0 Å². The first-order chi connectivity index (χ1) is 14.8. The standard InChI is InChI=1S/C21H32N2O6S2/c1-16-4-6-18(7-5-16)31(26,27)29-14-10-17-8-12-23(13-9-17)21(25)22-19(11-15-30-3)20(24)28-2/h4-7,17,19H,8-15H2,1-3H3,(H,22,25)/t19-/m0/s1. The van der Waals surface area contributed by atoms with Gasteiger partial charge in [-0.1, -0.05) is 17.7 Å². The largest absolute Gasteiger partial charge is 0.467 e. The van der Waals surface area contributed by atoms with Crippen LogP contribution in [0.4, 0.5) is 4.79 Å². The fourth-order valence-corrected chi connectivity index (χ4v) is 4.78. The van der Waals surface area contributed by atoms with Crippen molar-refractivity contribution in [3.63, 3.8) is 0 Å². The fourth-order valence-electron chi connectivity index (χ4n) is 3.39. The van der Waals surface area contributed by atoms with Crippen molar-refractivity contribution >= 4 is 33.9 Å². The zero-order chi connectivity index (χ0) is 22.9. The summed E-state index contributed by atoms with van der Waals surface area (Å²) in [4.78, 5) is 26.2. The smallest absolute Gasteiger partial charge is 0.328 e. The third-order valence-corrected chi connectivity index (χ3v) is 7.34. The summed E-state index contributed by atoms with van der Waals surface area (Å²) >= 11 is 1.60. The number of carbonyl (C=O) groups excluding carboxylic acids is 2. The normalized spacial score (nSPS) is 16.0. The van der Waals surface area contributed by atoms with Crippen molar-refractivity contribution in [1.29, 1.82) is 0 Å². The average Bonchev–Trinajstić information content (AvgIpc) is 2.76. The first-order valence-corrected chi connectivity index (χ1v) is 13.2. The third kappa shape index (κ3) is 8.01. The van der Waals surface area contributed by atoms with E-state index in [4.69, 9.17) is 8.92 Å². The van der Waals surface area contributed by atoms with Crippen LogP contribution in [0.15, 0.2) is 29.2 Å². The average molecular weight is 473 g/mol. The molecule has 1 fully saturated rings. The van der Waals surface area contributed by atoms with Crippen molar-refractivity contribution in [1.82, 2.24) is 10.2 Å². The van der Waals surface area contributed by atoms with Crippen LogP contribution < -0.4 is 5.32 Å². The maximum atomic E-state index is 12.5. The molecule has 0 unspecified atom stereocenters. The minimum Gasteiger partial charge on any atom is -0.467 e. The number of thioether (sulfide) groups is 1. The number of amides is 2. The molecule has 174 valence electrons. The van der Waals surface area contributed by atoms with Gasteiger partial charge in [0.25, 0.3) is 10.1 Å². The van der Waals surface area contributed by atoms with Gasteiger partial charge in [-0.2, -0.15) is 20.2 Å². The second-order valence-corrected chi connectivity index (χ2v) is 10.2. The molecule has 1 aliphatic heterocycles. The number of esters is 1. The van der Waals surface area contributed by atoms with Gasteiger partial charge in [0.1, 0.15) is 6.04 Å². The second kappa shape index (κ2) is 12.3. The molecule has 1 aliphatic rings. The Kier molecular flexibility index (Phi) is 10.1. The van der Waals surface area contributed by atoms with E-state index in [-0.39, 0.29) is 23.5 Å². The molecule has 0 bridgehead atoms. The number of urea groups is 1. The minimum absolute atomic E-state index is 0.117. The van der Waals surface area contributed by atoms with Gasteiger partial charge in [0.05, 0.1) is 18.6 Å². The molecule has 1 atom stereocenters. The Morgan fingerprint density at radius 3 is 2.45 bits per heavy atom. The Balaban J connectivity index is 1.75. The number of nitrogens with one attached hydrogen (secondary N) is 1. The number of hydrogen-bond donors (Lipinski definition) is 1. The van der Waals surface area contributed by atoms with E-state index in [2.05, 4.69) is 5.32 Å².